The molecule has 1 aromatic heterocycles. The van der Waals surface area contributed by atoms with Gasteiger partial charge >= 0.3 is 0 Å². The number of benzene rings is 2. The van der Waals surface area contributed by atoms with Gasteiger partial charge in [-0.3, -0.25) is 4.79 Å². The van der Waals surface area contributed by atoms with Crippen molar-refractivity contribution in [1.82, 2.24) is 9.97 Å². The van der Waals surface area contributed by atoms with Gasteiger partial charge in [-0.15, -0.1) is 0 Å². The van der Waals surface area contributed by atoms with Crippen LogP contribution in [0.25, 0.3) is 17.3 Å². The van der Waals surface area contributed by atoms with Gasteiger partial charge in [0, 0.05) is 17.5 Å². The molecule has 0 bridgehead atoms. The SMILES string of the molecule is C=Cc1nc(N)c(Cc2ccccc2)nc1-c1ccc(CO)cc1C=O. The van der Waals surface area contributed by atoms with Crippen molar-refractivity contribution in [2.75, 3.05) is 5.73 Å². The number of nitrogen functional groups attached to an aromatic ring is 1. The molecule has 0 saturated carbocycles. The molecule has 1 heterocycles. The van der Waals surface area contributed by atoms with Gasteiger partial charge < -0.3 is 10.8 Å². The summed E-state index contributed by atoms with van der Waals surface area (Å²) < 4.78 is 0. The minimum Gasteiger partial charge on any atom is -0.392 e. The summed E-state index contributed by atoms with van der Waals surface area (Å²) >= 11 is 0. The number of aliphatic hydroxyl groups is 1. The number of carbonyl (C=O) groups excluding carboxylic acids is 1. The van der Waals surface area contributed by atoms with E-state index in [4.69, 9.17) is 10.7 Å². The summed E-state index contributed by atoms with van der Waals surface area (Å²) in [7, 11) is 0. The largest absolute Gasteiger partial charge is 0.392 e. The fourth-order valence-corrected chi connectivity index (χ4v) is 2.78. The third-order valence-corrected chi connectivity index (χ3v) is 4.11. The third-order valence-electron chi connectivity index (χ3n) is 4.11. The summed E-state index contributed by atoms with van der Waals surface area (Å²) in [5, 5.41) is 9.29. The number of aldehydes is 1. The molecule has 0 radical (unpaired) electrons. The number of hydrogen-bond acceptors (Lipinski definition) is 5. The predicted molar refractivity (Wildman–Crippen MR) is 103 cm³/mol. The van der Waals surface area contributed by atoms with Gasteiger partial charge in [-0.1, -0.05) is 49.0 Å². The van der Waals surface area contributed by atoms with Crippen molar-refractivity contribution in [3.05, 3.63) is 83.2 Å². The molecule has 130 valence electrons. The van der Waals surface area contributed by atoms with Crippen molar-refractivity contribution in [3.8, 4) is 11.3 Å². The standard InChI is InChI=1S/C21H19N3O2/c1-2-18-20(17-9-8-15(12-25)10-16(17)13-26)23-19(21(22)24-18)11-14-6-4-3-5-7-14/h2-10,13,25H,1,11-12H2,(H2,22,24). The van der Waals surface area contributed by atoms with Crippen LogP contribution in [0.2, 0.25) is 0 Å². The first-order chi connectivity index (χ1) is 12.7. The third kappa shape index (κ3) is 3.53. The number of rotatable bonds is 6. The summed E-state index contributed by atoms with van der Waals surface area (Å²) in [6.45, 7) is 3.64. The van der Waals surface area contributed by atoms with E-state index in [1.807, 2.05) is 30.3 Å². The van der Waals surface area contributed by atoms with Crippen LogP contribution in [-0.4, -0.2) is 21.4 Å². The van der Waals surface area contributed by atoms with Gasteiger partial charge in [0.25, 0.3) is 0 Å². The van der Waals surface area contributed by atoms with E-state index >= 15 is 0 Å². The van der Waals surface area contributed by atoms with Crippen molar-refractivity contribution in [1.29, 1.82) is 0 Å². The van der Waals surface area contributed by atoms with Crippen molar-refractivity contribution in [2.45, 2.75) is 13.0 Å². The highest BCUT2D eigenvalue weighted by molar-refractivity contribution is 5.88. The van der Waals surface area contributed by atoms with E-state index in [1.165, 1.54) is 0 Å². The van der Waals surface area contributed by atoms with E-state index in [1.54, 1.807) is 24.3 Å². The van der Waals surface area contributed by atoms with Crippen LogP contribution in [-0.2, 0) is 13.0 Å². The first-order valence-electron chi connectivity index (χ1n) is 8.18. The lowest BCUT2D eigenvalue weighted by molar-refractivity contribution is 0.112. The van der Waals surface area contributed by atoms with E-state index in [2.05, 4.69) is 11.6 Å². The molecule has 0 spiro atoms. The number of carbonyl (C=O) groups is 1. The molecule has 0 unspecified atom stereocenters. The number of nitrogens with two attached hydrogens (primary N) is 1. The number of anilines is 1. The second-order valence-electron chi connectivity index (χ2n) is 5.85. The lowest BCUT2D eigenvalue weighted by Gasteiger charge is -2.13. The highest BCUT2D eigenvalue weighted by atomic mass is 16.3. The maximum absolute atomic E-state index is 11.5. The summed E-state index contributed by atoms with van der Waals surface area (Å²) in [6, 6.07) is 15.0. The van der Waals surface area contributed by atoms with Crippen molar-refractivity contribution in [3.63, 3.8) is 0 Å². The molecule has 0 aliphatic heterocycles. The lowest BCUT2D eigenvalue weighted by Crippen LogP contribution is -2.07. The molecule has 26 heavy (non-hydrogen) atoms. The van der Waals surface area contributed by atoms with Crippen molar-refractivity contribution in [2.24, 2.45) is 0 Å². The highest BCUT2D eigenvalue weighted by Gasteiger charge is 2.15. The maximum atomic E-state index is 11.5. The first-order valence-corrected chi connectivity index (χ1v) is 8.18. The zero-order valence-corrected chi connectivity index (χ0v) is 14.2. The Labute approximate surface area is 151 Å². The minimum atomic E-state index is -0.137. The molecule has 2 aromatic carbocycles. The van der Waals surface area contributed by atoms with Gasteiger partial charge in [-0.05, 0) is 23.3 Å². The molecular formula is C21H19N3O2. The quantitative estimate of drug-likeness (QED) is 0.669. The van der Waals surface area contributed by atoms with E-state index in [-0.39, 0.29) is 6.61 Å². The smallest absolute Gasteiger partial charge is 0.150 e. The molecule has 0 fully saturated rings. The number of nitrogens with zero attached hydrogens (tertiary/aromatic N) is 2. The molecule has 0 saturated heterocycles. The predicted octanol–water partition coefficient (Wildman–Crippen LogP) is 3.26. The van der Waals surface area contributed by atoms with Crippen LogP contribution in [0.4, 0.5) is 5.82 Å². The van der Waals surface area contributed by atoms with Crippen LogP contribution in [0.3, 0.4) is 0 Å². The fraction of sp³-hybridized carbons (Fsp3) is 0.0952. The van der Waals surface area contributed by atoms with Gasteiger partial charge in [0.15, 0.2) is 6.29 Å². The van der Waals surface area contributed by atoms with Gasteiger partial charge in [-0.25, -0.2) is 9.97 Å². The summed E-state index contributed by atoms with van der Waals surface area (Å²) in [6.07, 6.45) is 2.85. The Hall–Kier alpha value is -3.31. The Morgan fingerprint density at radius 1 is 1.08 bits per heavy atom. The minimum absolute atomic E-state index is 0.137. The number of hydrogen-bond donors (Lipinski definition) is 2. The summed E-state index contributed by atoms with van der Waals surface area (Å²) in [5.41, 5.74) is 10.6. The van der Waals surface area contributed by atoms with Crippen molar-refractivity contribution < 1.29 is 9.90 Å². The van der Waals surface area contributed by atoms with Crippen molar-refractivity contribution >= 4 is 18.2 Å². The van der Waals surface area contributed by atoms with E-state index in [9.17, 15) is 9.90 Å². The molecule has 5 heteroatoms. The summed E-state index contributed by atoms with van der Waals surface area (Å²) in [5.74, 6) is 0.340. The highest BCUT2D eigenvalue weighted by Crippen LogP contribution is 2.28. The van der Waals surface area contributed by atoms with Crippen LogP contribution < -0.4 is 5.73 Å². The van der Waals surface area contributed by atoms with Crippen LogP contribution in [0.15, 0.2) is 55.1 Å². The molecule has 0 aliphatic carbocycles. The molecule has 5 nitrogen and oxygen atoms in total. The zero-order valence-electron chi connectivity index (χ0n) is 14.2. The second-order valence-corrected chi connectivity index (χ2v) is 5.85. The molecule has 0 amide bonds. The summed E-state index contributed by atoms with van der Waals surface area (Å²) in [4.78, 5) is 20.6. The lowest BCUT2D eigenvalue weighted by atomic mass is 10.00. The second kappa shape index (κ2) is 7.72. The maximum Gasteiger partial charge on any atom is 0.150 e. The Bertz CT molecular complexity index is 953. The van der Waals surface area contributed by atoms with Crippen LogP contribution in [0.5, 0.6) is 0 Å². The monoisotopic (exact) mass is 345 g/mol. The van der Waals surface area contributed by atoms with Crippen LogP contribution >= 0.6 is 0 Å². The Morgan fingerprint density at radius 2 is 1.85 bits per heavy atom. The molecule has 3 N–H and O–H groups in total. The van der Waals surface area contributed by atoms with Gasteiger partial charge in [0.1, 0.15) is 5.82 Å². The number of aliphatic hydroxyl groups excluding tert-OH is 1. The average Bonchev–Trinajstić information content (AvgIpc) is 2.69. The van der Waals surface area contributed by atoms with Crippen LogP contribution in [0, 0.1) is 0 Å². The Balaban J connectivity index is 2.13. The average molecular weight is 345 g/mol. The fourth-order valence-electron chi connectivity index (χ4n) is 2.78. The molecule has 0 atom stereocenters. The zero-order chi connectivity index (χ0) is 18.5. The van der Waals surface area contributed by atoms with Gasteiger partial charge in [0.2, 0.25) is 0 Å². The number of aromatic nitrogens is 2. The molecule has 3 aromatic rings. The van der Waals surface area contributed by atoms with E-state index in [0.717, 1.165) is 11.8 Å². The first kappa shape index (κ1) is 17.5. The van der Waals surface area contributed by atoms with Gasteiger partial charge in [-0.2, -0.15) is 0 Å². The van der Waals surface area contributed by atoms with Gasteiger partial charge in [0.05, 0.1) is 23.7 Å². The topological polar surface area (TPSA) is 89.1 Å². The van der Waals surface area contributed by atoms with E-state index in [0.29, 0.717) is 46.0 Å². The Kier molecular flexibility index (Phi) is 5.20. The Morgan fingerprint density at radius 3 is 2.50 bits per heavy atom. The molecule has 3 rings (SSSR count). The van der Waals surface area contributed by atoms with E-state index < -0.39 is 0 Å². The normalized spacial score (nSPS) is 10.5. The molecular weight excluding hydrogens is 326 g/mol. The molecule has 0 aliphatic rings. The van der Waals surface area contributed by atoms with Crippen LogP contribution in [0.1, 0.15) is 32.9 Å².